The van der Waals surface area contributed by atoms with Crippen molar-refractivity contribution >= 4 is 55.6 Å². The molecule has 0 radical (unpaired) electrons. The molecule has 4 aromatic rings. The number of aromatic amines is 1. The van der Waals surface area contributed by atoms with Crippen LogP contribution in [0.3, 0.4) is 0 Å². The quantitative estimate of drug-likeness (QED) is 0.358. The van der Waals surface area contributed by atoms with Gasteiger partial charge in [-0.15, -0.1) is 11.3 Å². The molecule has 0 bridgehead atoms. The highest BCUT2D eigenvalue weighted by Gasteiger charge is 2.28. The number of carbonyl (C=O) groups excluding carboxylic acids is 1. The number of nitrogens with zero attached hydrogens (tertiary/aromatic N) is 4. The second-order valence-electron chi connectivity index (χ2n) is 9.52. The third-order valence-electron chi connectivity index (χ3n) is 5.50. The van der Waals surface area contributed by atoms with Gasteiger partial charge < -0.3 is 15.2 Å². The predicted molar refractivity (Wildman–Crippen MR) is 141 cm³/mol. The summed E-state index contributed by atoms with van der Waals surface area (Å²) in [5, 5.41) is 4.36. The maximum absolute atomic E-state index is 12.5. The van der Waals surface area contributed by atoms with Crippen LogP contribution in [-0.4, -0.2) is 43.8 Å². The fourth-order valence-corrected chi connectivity index (χ4v) is 4.57. The van der Waals surface area contributed by atoms with Gasteiger partial charge in [-0.2, -0.15) is 0 Å². The first-order valence-electron chi connectivity index (χ1n) is 11.7. The number of fused-ring (bicyclic) bond motifs is 2. The second-order valence-corrected chi connectivity index (χ2v) is 10.4. The van der Waals surface area contributed by atoms with Gasteiger partial charge in [0.2, 0.25) is 5.91 Å². The van der Waals surface area contributed by atoms with E-state index >= 15 is 0 Å². The Morgan fingerprint density at radius 1 is 1.18 bits per heavy atom. The molecule has 8 heteroatoms. The van der Waals surface area contributed by atoms with E-state index in [4.69, 9.17) is 0 Å². The van der Waals surface area contributed by atoms with Crippen molar-refractivity contribution in [1.29, 1.82) is 0 Å². The molecule has 0 saturated heterocycles. The molecule has 0 fully saturated rings. The first kappa shape index (κ1) is 23.9. The normalized spacial score (nSPS) is 14.0. The summed E-state index contributed by atoms with van der Waals surface area (Å²) in [4.78, 5) is 31.1. The van der Waals surface area contributed by atoms with E-state index < -0.39 is 0 Å². The molecule has 4 heterocycles. The number of hydrogen-bond donors (Lipinski definition) is 2. The van der Waals surface area contributed by atoms with E-state index in [1.165, 1.54) is 12.0 Å². The summed E-state index contributed by atoms with van der Waals surface area (Å²) < 4.78 is 1.13. The zero-order valence-corrected chi connectivity index (χ0v) is 21.3. The lowest BCUT2D eigenvalue weighted by Crippen LogP contribution is -2.41. The van der Waals surface area contributed by atoms with Crippen molar-refractivity contribution in [3.8, 4) is 0 Å². The minimum absolute atomic E-state index is 0.190. The highest BCUT2D eigenvalue weighted by atomic mass is 32.1. The molecule has 1 amide bonds. The Kier molecular flexibility index (Phi) is 6.97. The largest absolute Gasteiger partial charge is 0.340 e. The van der Waals surface area contributed by atoms with E-state index in [1.807, 2.05) is 43.3 Å². The van der Waals surface area contributed by atoms with Crippen molar-refractivity contribution in [2.75, 3.05) is 18.4 Å². The van der Waals surface area contributed by atoms with Crippen LogP contribution in [0.15, 0.2) is 42.2 Å². The average Bonchev–Trinajstić information content (AvgIpc) is 3.46. The molecule has 2 N–H and O–H groups in total. The van der Waals surface area contributed by atoms with E-state index in [1.54, 1.807) is 17.7 Å². The molecule has 1 aliphatic heterocycles. The SMILES string of the molecule is CC(C)(C)C(=O)N1CC=C(c2cc3c(Nc4ccc5ncsc5c4)ncnc3[nH]2)CC1.CCC. The molecule has 3 aromatic heterocycles. The number of aromatic nitrogens is 4. The third-order valence-corrected chi connectivity index (χ3v) is 6.30. The lowest BCUT2D eigenvalue weighted by Gasteiger charge is -2.31. The highest BCUT2D eigenvalue weighted by Crippen LogP contribution is 2.31. The number of nitrogens with one attached hydrogen (secondary N) is 2. The van der Waals surface area contributed by atoms with Crippen LogP contribution in [0.25, 0.3) is 26.8 Å². The summed E-state index contributed by atoms with van der Waals surface area (Å²) in [6.45, 7) is 11.5. The van der Waals surface area contributed by atoms with Gasteiger partial charge in [-0.1, -0.05) is 47.1 Å². The van der Waals surface area contributed by atoms with Crippen molar-refractivity contribution < 1.29 is 4.79 Å². The van der Waals surface area contributed by atoms with Crippen LogP contribution in [0.2, 0.25) is 0 Å². The van der Waals surface area contributed by atoms with Crippen LogP contribution in [-0.2, 0) is 4.79 Å². The summed E-state index contributed by atoms with van der Waals surface area (Å²) in [6.07, 6.45) is 5.76. The third kappa shape index (κ3) is 5.12. The fraction of sp³-hybridized carbons (Fsp3) is 0.385. The van der Waals surface area contributed by atoms with Gasteiger partial charge in [0, 0.05) is 29.9 Å². The van der Waals surface area contributed by atoms with Crippen LogP contribution in [0, 0.1) is 5.41 Å². The Hall–Kier alpha value is -3.26. The van der Waals surface area contributed by atoms with E-state index in [0.29, 0.717) is 6.54 Å². The molecule has 0 atom stereocenters. The van der Waals surface area contributed by atoms with E-state index in [-0.39, 0.29) is 11.3 Å². The molecule has 1 aromatic carbocycles. The van der Waals surface area contributed by atoms with Crippen molar-refractivity contribution in [2.24, 2.45) is 5.41 Å². The van der Waals surface area contributed by atoms with Gasteiger partial charge in [0.1, 0.15) is 17.8 Å². The summed E-state index contributed by atoms with van der Waals surface area (Å²) in [7, 11) is 0. The number of hydrogen-bond acceptors (Lipinski definition) is 6. The molecule has 0 saturated carbocycles. The van der Waals surface area contributed by atoms with Gasteiger partial charge in [0.25, 0.3) is 0 Å². The minimum atomic E-state index is -0.356. The van der Waals surface area contributed by atoms with Crippen LogP contribution in [0.5, 0.6) is 0 Å². The maximum atomic E-state index is 12.5. The van der Waals surface area contributed by atoms with Gasteiger partial charge in [-0.25, -0.2) is 15.0 Å². The smallest absolute Gasteiger partial charge is 0.228 e. The number of rotatable bonds is 3. The molecule has 0 aliphatic carbocycles. The van der Waals surface area contributed by atoms with Crippen LogP contribution in [0.1, 0.15) is 53.2 Å². The molecule has 0 unspecified atom stereocenters. The standard InChI is InChI=1S/C23H24N6OS.C3H8/c1-23(2,3)22(30)29-8-6-14(7-9-29)18-11-16-20(24-12-25-21(16)28-18)27-15-4-5-17-19(10-15)31-13-26-17;1-3-2/h4-6,10-13H,7-9H2,1-3H3,(H2,24,25,27,28);3H2,1-2H3. The fourth-order valence-electron chi connectivity index (χ4n) is 3.85. The number of benzene rings is 1. The number of amides is 1. The lowest BCUT2D eigenvalue weighted by molar-refractivity contribution is -0.139. The second kappa shape index (κ2) is 9.93. The Morgan fingerprint density at radius 3 is 2.68 bits per heavy atom. The molecule has 1 aliphatic rings. The molecular formula is C26H32N6OS. The number of anilines is 2. The summed E-state index contributed by atoms with van der Waals surface area (Å²) >= 11 is 1.62. The molecule has 5 rings (SSSR count). The Bertz CT molecular complexity index is 1330. The van der Waals surface area contributed by atoms with E-state index in [0.717, 1.165) is 51.4 Å². The van der Waals surface area contributed by atoms with Gasteiger partial charge in [0.15, 0.2) is 0 Å². The molecule has 34 heavy (non-hydrogen) atoms. The van der Waals surface area contributed by atoms with Crippen LogP contribution < -0.4 is 5.32 Å². The van der Waals surface area contributed by atoms with E-state index in [9.17, 15) is 4.79 Å². The first-order chi connectivity index (χ1) is 16.3. The zero-order chi connectivity index (χ0) is 24.3. The summed E-state index contributed by atoms with van der Waals surface area (Å²) in [5.74, 6) is 0.951. The van der Waals surface area contributed by atoms with E-state index in [2.05, 4.69) is 57.3 Å². The van der Waals surface area contributed by atoms with Gasteiger partial charge in [-0.05, 0) is 36.3 Å². The average molecular weight is 477 g/mol. The summed E-state index contributed by atoms with van der Waals surface area (Å²) in [5.41, 5.74) is 6.48. The molecule has 178 valence electrons. The molecule has 0 spiro atoms. The highest BCUT2D eigenvalue weighted by molar-refractivity contribution is 7.16. The predicted octanol–water partition coefficient (Wildman–Crippen LogP) is 6.39. The van der Waals surface area contributed by atoms with Crippen molar-refractivity contribution in [3.63, 3.8) is 0 Å². The Labute approximate surface area is 204 Å². The minimum Gasteiger partial charge on any atom is -0.340 e. The van der Waals surface area contributed by atoms with Gasteiger partial charge >= 0.3 is 0 Å². The zero-order valence-electron chi connectivity index (χ0n) is 20.5. The molecular weight excluding hydrogens is 444 g/mol. The van der Waals surface area contributed by atoms with Gasteiger partial charge in [0.05, 0.1) is 21.1 Å². The monoisotopic (exact) mass is 476 g/mol. The van der Waals surface area contributed by atoms with Crippen LogP contribution >= 0.6 is 11.3 Å². The number of thiazole rings is 1. The lowest BCUT2D eigenvalue weighted by atomic mass is 9.93. The van der Waals surface area contributed by atoms with Crippen LogP contribution in [0.4, 0.5) is 11.5 Å². The Balaban J connectivity index is 0.000000868. The number of H-pyrrole nitrogens is 1. The van der Waals surface area contributed by atoms with Crippen molar-refractivity contribution in [3.05, 3.63) is 47.9 Å². The van der Waals surface area contributed by atoms with Crippen molar-refractivity contribution in [1.82, 2.24) is 24.8 Å². The van der Waals surface area contributed by atoms with Gasteiger partial charge in [-0.3, -0.25) is 4.79 Å². The maximum Gasteiger partial charge on any atom is 0.228 e. The van der Waals surface area contributed by atoms with Crippen molar-refractivity contribution in [2.45, 2.75) is 47.5 Å². The first-order valence-corrected chi connectivity index (χ1v) is 12.6. The Morgan fingerprint density at radius 2 is 1.97 bits per heavy atom. The topological polar surface area (TPSA) is 86.8 Å². The molecule has 7 nitrogen and oxygen atoms in total. The summed E-state index contributed by atoms with van der Waals surface area (Å²) in [6, 6.07) is 8.19. The number of carbonyl (C=O) groups is 1.